The molecule has 164 valence electrons. The molecule has 0 bridgehead atoms. The van der Waals surface area contributed by atoms with E-state index < -0.39 is 0 Å². The highest BCUT2D eigenvalue weighted by Crippen LogP contribution is 2.27. The predicted octanol–water partition coefficient (Wildman–Crippen LogP) is 4.64. The lowest BCUT2D eigenvalue weighted by Gasteiger charge is -2.23. The Hall–Kier alpha value is -2.16. The van der Waals surface area contributed by atoms with E-state index in [0.29, 0.717) is 36.7 Å². The van der Waals surface area contributed by atoms with Gasteiger partial charge in [-0.05, 0) is 61.1 Å². The molecule has 30 heavy (non-hydrogen) atoms. The number of halogens is 1. The first-order valence-electron chi connectivity index (χ1n) is 10.2. The van der Waals surface area contributed by atoms with Crippen molar-refractivity contribution in [3.05, 3.63) is 53.6 Å². The molecule has 0 aromatic heterocycles. The molecule has 1 fully saturated rings. The summed E-state index contributed by atoms with van der Waals surface area (Å²) >= 11 is 0. The Labute approximate surface area is 196 Å². The third kappa shape index (κ3) is 7.27. The van der Waals surface area contributed by atoms with Crippen molar-refractivity contribution in [2.45, 2.75) is 51.3 Å². The first-order chi connectivity index (χ1) is 14.2. The van der Waals surface area contributed by atoms with Gasteiger partial charge in [0.1, 0.15) is 5.75 Å². The summed E-state index contributed by atoms with van der Waals surface area (Å²) in [4.78, 5) is 4.45. The van der Waals surface area contributed by atoms with E-state index in [4.69, 9.17) is 19.9 Å². The molecule has 0 saturated heterocycles. The minimum atomic E-state index is 0. The number of nitrogens with two attached hydrogens (primary N) is 1. The predicted molar refractivity (Wildman–Crippen MR) is 131 cm³/mol. The van der Waals surface area contributed by atoms with Crippen LogP contribution in [0.5, 0.6) is 17.2 Å². The molecule has 1 aliphatic carbocycles. The highest BCUT2D eigenvalue weighted by Gasteiger charge is 2.14. The van der Waals surface area contributed by atoms with E-state index in [1.807, 2.05) is 36.4 Å². The van der Waals surface area contributed by atoms with Crippen molar-refractivity contribution < 1.29 is 14.2 Å². The third-order valence-corrected chi connectivity index (χ3v) is 5.11. The van der Waals surface area contributed by atoms with E-state index in [2.05, 4.69) is 16.4 Å². The summed E-state index contributed by atoms with van der Waals surface area (Å²) in [5, 5.41) is 3.14. The molecule has 2 aromatic carbocycles. The smallest absolute Gasteiger partial charge is 0.189 e. The number of hydrogen-bond acceptors (Lipinski definition) is 4. The molecule has 0 spiro atoms. The van der Waals surface area contributed by atoms with Gasteiger partial charge in [-0.2, -0.15) is 0 Å². The SMILES string of the molecule is COc1ccc(CNC(N)=NCc2cccc(OC3CCCCC3)c2)cc1OC.I. The van der Waals surface area contributed by atoms with Crippen LogP contribution in [0.1, 0.15) is 43.2 Å². The van der Waals surface area contributed by atoms with Crippen LogP contribution < -0.4 is 25.3 Å². The Morgan fingerprint density at radius 2 is 1.77 bits per heavy atom. The average Bonchev–Trinajstić information content (AvgIpc) is 2.77. The number of nitrogens with one attached hydrogen (secondary N) is 1. The molecule has 3 N–H and O–H groups in total. The van der Waals surface area contributed by atoms with Crippen LogP contribution in [0.3, 0.4) is 0 Å². The van der Waals surface area contributed by atoms with E-state index >= 15 is 0 Å². The zero-order valence-corrected chi connectivity index (χ0v) is 20.1. The second kappa shape index (κ2) is 12.5. The van der Waals surface area contributed by atoms with Gasteiger partial charge in [-0.25, -0.2) is 4.99 Å². The number of ether oxygens (including phenoxy) is 3. The number of methoxy groups -OCH3 is 2. The van der Waals surface area contributed by atoms with Gasteiger partial charge in [-0.15, -0.1) is 24.0 Å². The highest BCUT2D eigenvalue weighted by atomic mass is 127. The summed E-state index contributed by atoms with van der Waals surface area (Å²) in [6.07, 6.45) is 6.48. The zero-order chi connectivity index (χ0) is 20.5. The van der Waals surface area contributed by atoms with Gasteiger partial charge in [0.2, 0.25) is 0 Å². The third-order valence-electron chi connectivity index (χ3n) is 5.11. The van der Waals surface area contributed by atoms with Crippen LogP contribution in [-0.2, 0) is 13.1 Å². The van der Waals surface area contributed by atoms with Crippen LogP contribution in [0.2, 0.25) is 0 Å². The zero-order valence-electron chi connectivity index (χ0n) is 17.7. The van der Waals surface area contributed by atoms with E-state index in [0.717, 1.165) is 29.7 Å². The van der Waals surface area contributed by atoms with Gasteiger partial charge in [0, 0.05) is 6.54 Å². The fraction of sp³-hybridized carbons (Fsp3) is 0.435. The Morgan fingerprint density at radius 3 is 2.50 bits per heavy atom. The molecule has 1 aliphatic rings. The number of guanidine groups is 1. The van der Waals surface area contributed by atoms with E-state index in [9.17, 15) is 0 Å². The van der Waals surface area contributed by atoms with Crippen molar-refractivity contribution in [3.63, 3.8) is 0 Å². The van der Waals surface area contributed by atoms with Crippen molar-refractivity contribution in [1.82, 2.24) is 5.32 Å². The van der Waals surface area contributed by atoms with Gasteiger partial charge in [0.15, 0.2) is 17.5 Å². The van der Waals surface area contributed by atoms with Crippen molar-refractivity contribution in [2.75, 3.05) is 14.2 Å². The van der Waals surface area contributed by atoms with Crippen molar-refractivity contribution in [3.8, 4) is 17.2 Å². The molecule has 0 radical (unpaired) electrons. The molecule has 0 heterocycles. The molecule has 0 unspecified atom stereocenters. The average molecular weight is 525 g/mol. The molecule has 1 saturated carbocycles. The molecule has 6 nitrogen and oxygen atoms in total. The number of nitrogens with zero attached hydrogens (tertiary/aromatic N) is 1. The lowest BCUT2D eigenvalue weighted by molar-refractivity contribution is 0.155. The summed E-state index contributed by atoms with van der Waals surface area (Å²) in [6, 6.07) is 13.9. The van der Waals surface area contributed by atoms with E-state index in [-0.39, 0.29) is 24.0 Å². The summed E-state index contributed by atoms with van der Waals surface area (Å²) in [5.41, 5.74) is 8.14. The molecular formula is C23H32IN3O3. The number of benzene rings is 2. The van der Waals surface area contributed by atoms with Crippen molar-refractivity contribution in [2.24, 2.45) is 10.7 Å². The lowest BCUT2D eigenvalue weighted by atomic mass is 9.98. The molecule has 0 amide bonds. The Balaban J connectivity index is 0.00000320. The van der Waals surface area contributed by atoms with Crippen molar-refractivity contribution in [1.29, 1.82) is 0 Å². The normalized spacial score (nSPS) is 14.5. The number of hydrogen-bond donors (Lipinski definition) is 2. The van der Waals surface area contributed by atoms with Gasteiger partial charge in [0.25, 0.3) is 0 Å². The van der Waals surface area contributed by atoms with Crippen LogP contribution in [0.15, 0.2) is 47.5 Å². The standard InChI is InChI=1S/C23H31N3O3.HI/c1-27-21-12-11-18(14-22(21)28-2)16-26-23(24)25-15-17-7-6-10-20(13-17)29-19-8-4-3-5-9-19;/h6-7,10-14,19H,3-5,8-9,15-16H2,1-2H3,(H3,24,25,26);1H. The maximum absolute atomic E-state index is 6.13. The van der Waals surface area contributed by atoms with E-state index in [1.165, 1.54) is 19.3 Å². The van der Waals surface area contributed by atoms with Crippen LogP contribution in [0.4, 0.5) is 0 Å². The van der Waals surface area contributed by atoms with Crippen LogP contribution in [0.25, 0.3) is 0 Å². The fourth-order valence-electron chi connectivity index (χ4n) is 3.51. The summed E-state index contributed by atoms with van der Waals surface area (Å²) in [7, 11) is 3.24. The van der Waals surface area contributed by atoms with Gasteiger partial charge >= 0.3 is 0 Å². The van der Waals surface area contributed by atoms with Crippen LogP contribution in [-0.4, -0.2) is 26.3 Å². The minimum Gasteiger partial charge on any atom is -0.493 e. The fourth-order valence-corrected chi connectivity index (χ4v) is 3.51. The van der Waals surface area contributed by atoms with Crippen LogP contribution >= 0.6 is 24.0 Å². The van der Waals surface area contributed by atoms with Crippen LogP contribution in [0, 0.1) is 0 Å². The first kappa shape index (κ1) is 24.1. The monoisotopic (exact) mass is 525 g/mol. The first-order valence-corrected chi connectivity index (χ1v) is 10.2. The Kier molecular flexibility index (Phi) is 10.1. The second-order valence-corrected chi connectivity index (χ2v) is 7.27. The van der Waals surface area contributed by atoms with Gasteiger partial charge in [-0.3, -0.25) is 0 Å². The lowest BCUT2D eigenvalue weighted by Crippen LogP contribution is -2.31. The van der Waals surface area contributed by atoms with Gasteiger partial charge < -0.3 is 25.3 Å². The molecule has 7 heteroatoms. The maximum atomic E-state index is 6.13. The topological polar surface area (TPSA) is 78.1 Å². The summed E-state index contributed by atoms with van der Waals surface area (Å²) < 4.78 is 16.7. The molecule has 2 aromatic rings. The van der Waals surface area contributed by atoms with Crippen molar-refractivity contribution >= 4 is 29.9 Å². The van der Waals surface area contributed by atoms with E-state index in [1.54, 1.807) is 14.2 Å². The van der Waals surface area contributed by atoms with Gasteiger partial charge in [0.05, 0.1) is 26.9 Å². The number of rotatable bonds is 8. The highest BCUT2D eigenvalue weighted by molar-refractivity contribution is 14.0. The second-order valence-electron chi connectivity index (χ2n) is 7.27. The molecule has 0 atom stereocenters. The summed E-state index contributed by atoms with van der Waals surface area (Å²) in [5.74, 6) is 2.71. The largest absolute Gasteiger partial charge is 0.493 e. The molecule has 3 rings (SSSR count). The Morgan fingerprint density at radius 1 is 1.00 bits per heavy atom. The Bertz CT molecular complexity index is 823. The molecule has 0 aliphatic heterocycles. The summed E-state index contributed by atoms with van der Waals surface area (Å²) in [6.45, 7) is 1.06. The number of aliphatic imine (C=N–C) groups is 1. The quantitative estimate of drug-likeness (QED) is 0.299. The van der Waals surface area contributed by atoms with Gasteiger partial charge in [-0.1, -0.05) is 24.6 Å². The minimum absolute atomic E-state index is 0. The molecular weight excluding hydrogens is 493 g/mol. The maximum Gasteiger partial charge on any atom is 0.189 e.